The topological polar surface area (TPSA) is 96.0 Å². The van der Waals surface area contributed by atoms with Crippen LogP contribution in [0.1, 0.15) is 45.2 Å². The molecule has 0 spiro atoms. The number of aryl methyl sites for hydroxylation is 1. The van der Waals surface area contributed by atoms with Gasteiger partial charge in [-0.2, -0.15) is 0 Å². The molecule has 0 aliphatic heterocycles. The molecular weight excluding hydrogens is 502 g/mol. The van der Waals surface area contributed by atoms with Crippen molar-refractivity contribution in [3.05, 3.63) is 58.6 Å². The van der Waals surface area contributed by atoms with Gasteiger partial charge in [0.1, 0.15) is 18.3 Å². The maximum absolute atomic E-state index is 13.8. The van der Waals surface area contributed by atoms with Crippen molar-refractivity contribution in [2.75, 3.05) is 24.2 Å². The van der Waals surface area contributed by atoms with E-state index >= 15 is 0 Å². The zero-order chi connectivity index (χ0) is 27.3. The van der Waals surface area contributed by atoms with E-state index in [0.29, 0.717) is 28.4 Å². The van der Waals surface area contributed by atoms with Crippen LogP contribution in [0.2, 0.25) is 5.02 Å². The van der Waals surface area contributed by atoms with Crippen LogP contribution in [0.5, 0.6) is 5.75 Å². The minimum absolute atomic E-state index is 0.101. The van der Waals surface area contributed by atoms with E-state index in [1.165, 1.54) is 4.90 Å². The minimum Gasteiger partial charge on any atom is -0.497 e. The Morgan fingerprint density at radius 2 is 1.81 bits per heavy atom. The highest BCUT2D eigenvalue weighted by molar-refractivity contribution is 7.92. The highest BCUT2D eigenvalue weighted by Crippen LogP contribution is 2.26. The van der Waals surface area contributed by atoms with Gasteiger partial charge in [0.2, 0.25) is 21.8 Å². The Bertz CT molecular complexity index is 1190. The molecule has 0 aromatic heterocycles. The molecule has 0 radical (unpaired) electrons. The van der Waals surface area contributed by atoms with Crippen LogP contribution < -0.4 is 14.4 Å². The highest BCUT2D eigenvalue weighted by Gasteiger charge is 2.33. The van der Waals surface area contributed by atoms with Crippen molar-refractivity contribution in [2.45, 2.75) is 59.2 Å². The lowest BCUT2D eigenvalue weighted by Gasteiger charge is -2.34. The number of nitrogens with one attached hydrogen (secondary N) is 1. The summed E-state index contributed by atoms with van der Waals surface area (Å²) in [7, 11) is -2.28. The molecule has 2 rings (SSSR count). The summed E-state index contributed by atoms with van der Waals surface area (Å²) in [5.74, 6) is -0.204. The number of ether oxygens (including phenoxy) is 1. The number of nitrogens with zero attached hydrogens (tertiary/aromatic N) is 2. The molecule has 2 aromatic rings. The molecule has 198 valence electrons. The number of rotatable bonds is 10. The van der Waals surface area contributed by atoms with Crippen LogP contribution in [-0.4, -0.2) is 56.6 Å². The number of hydrogen-bond acceptors (Lipinski definition) is 5. The molecule has 0 fully saturated rings. The van der Waals surface area contributed by atoms with Gasteiger partial charge >= 0.3 is 0 Å². The lowest BCUT2D eigenvalue weighted by atomic mass is 10.1. The summed E-state index contributed by atoms with van der Waals surface area (Å²) in [6.45, 7) is 8.76. The van der Waals surface area contributed by atoms with Gasteiger partial charge in [0, 0.05) is 17.1 Å². The first-order valence-corrected chi connectivity index (χ1v) is 13.9. The predicted molar refractivity (Wildman–Crippen MR) is 144 cm³/mol. The van der Waals surface area contributed by atoms with Crippen LogP contribution in [0, 0.1) is 6.92 Å². The third kappa shape index (κ3) is 8.13. The summed E-state index contributed by atoms with van der Waals surface area (Å²) in [5.41, 5.74) is 1.20. The Balaban J connectivity index is 2.51. The van der Waals surface area contributed by atoms with E-state index in [2.05, 4.69) is 5.32 Å². The van der Waals surface area contributed by atoms with E-state index in [-0.39, 0.29) is 12.5 Å². The lowest BCUT2D eigenvalue weighted by Crippen LogP contribution is -2.55. The van der Waals surface area contributed by atoms with E-state index < -0.39 is 34.1 Å². The summed E-state index contributed by atoms with van der Waals surface area (Å²) < 4.78 is 31.9. The Kier molecular flexibility index (Phi) is 9.79. The van der Waals surface area contributed by atoms with Crippen LogP contribution in [0.25, 0.3) is 0 Å². The zero-order valence-corrected chi connectivity index (χ0v) is 23.5. The number of methoxy groups -OCH3 is 1. The van der Waals surface area contributed by atoms with Gasteiger partial charge in [-0.25, -0.2) is 8.42 Å². The van der Waals surface area contributed by atoms with Crippen molar-refractivity contribution >= 4 is 39.1 Å². The molecule has 0 bridgehead atoms. The molecule has 0 unspecified atom stereocenters. The van der Waals surface area contributed by atoms with Gasteiger partial charge < -0.3 is 15.0 Å². The van der Waals surface area contributed by atoms with E-state index in [1.807, 2.05) is 33.8 Å². The summed E-state index contributed by atoms with van der Waals surface area (Å²) >= 11 is 6.06. The summed E-state index contributed by atoms with van der Waals surface area (Å²) in [5, 5.41) is 3.40. The van der Waals surface area contributed by atoms with Gasteiger partial charge in [-0.3, -0.25) is 13.9 Å². The average molecular weight is 538 g/mol. The molecule has 1 N–H and O–H groups in total. The molecule has 0 aliphatic carbocycles. The number of amides is 2. The molecular formula is C26H36ClN3O5S. The van der Waals surface area contributed by atoms with E-state index in [9.17, 15) is 18.0 Å². The molecule has 0 heterocycles. The quantitative estimate of drug-likeness (QED) is 0.491. The van der Waals surface area contributed by atoms with Crippen molar-refractivity contribution in [3.8, 4) is 5.75 Å². The fraction of sp³-hybridized carbons (Fsp3) is 0.462. The van der Waals surface area contributed by atoms with E-state index in [4.69, 9.17) is 16.3 Å². The molecule has 36 heavy (non-hydrogen) atoms. The number of sulfonamides is 1. The third-order valence-corrected chi connectivity index (χ3v) is 6.84. The van der Waals surface area contributed by atoms with Crippen molar-refractivity contribution in [1.82, 2.24) is 10.2 Å². The first-order chi connectivity index (χ1) is 16.7. The summed E-state index contributed by atoms with van der Waals surface area (Å²) in [6, 6.07) is 11.2. The summed E-state index contributed by atoms with van der Waals surface area (Å²) in [6.07, 6.45) is 1.39. The SMILES string of the molecule is CC[C@@H](C(=O)NC(C)(C)C)N(Cc1cccc(OC)c1)C(=O)CN(c1ccc(Cl)cc1C)S(C)(=O)=O. The first kappa shape index (κ1) is 29.5. The normalized spacial score (nSPS) is 12.6. The Labute approximate surface area is 219 Å². The number of anilines is 1. The predicted octanol–water partition coefficient (Wildman–Crippen LogP) is 4.15. The first-order valence-electron chi connectivity index (χ1n) is 11.6. The van der Waals surface area contributed by atoms with Crippen LogP contribution in [-0.2, 0) is 26.2 Å². The maximum atomic E-state index is 13.8. The van der Waals surface area contributed by atoms with Crippen LogP contribution in [0.3, 0.4) is 0 Å². The highest BCUT2D eigenvalue weighted by atomic mass is 35.5. The largest absolute Gasteiger partial charge is 0.497 e. The van der Waals surface area contributed by atoms with E-state index in [0.717, 1.165) is 16.1 Å². The molecule has 0 saturated heterocycles. The van der Waals surface area contributed by atoms with Gasteiger partial charge in [-0.05, 0) is 75.6 Å². The second-order valence-electron chi connectivity index (χ2n) is 9.74. The molecule has 2 aromatic carbocycles. The average Bonchev–Trinajstić information content (AvgIpc) is 2.76. The van der Waals surface area contributed by atoms with Gasteiger partial charge in [-0.1, -0.05) is 30.7 Å². The maximum Gasteiger partial charge on any atom is 0.244 e. The number of hydrogen-bond donors (Lipinski definition) is 1. The number of benzene rings is 2. The lowest BCUT2D eigenvalue weighted by molar-refractivity contribution is -0.141. The molecule has 0 saturated carbocycles. The van der Waals surface area contributed by atoms with Gasteiger partial charge in [0.05, 0.1) is 19.1 Å². The smallest absolute Gasteiger partial charge is 0.244 e. The molecule has 2 amide bonds. The second kappa shape index (κ2) is 12.0. The molecule has 0 aliphatic rings. The third-order valence-electron chi connectivity index (χ3n) is 5.48. The Hall–Kier alpha value is -2.78. The van der Waals surface area contributed by atoms with Crippen molar-refractivity contribution < 1.29 is 22.7 Å². The zero-order valence-electron chi connectivity index (χ0n) is 22.0. The van der Waals surface area contributed by atoms with Gasteiger partial charge in [0.25, 0.3) is 0 Å². The fourth-order valence-corrected chi connectivity index (χ4v) is 4.97. The Morgan fingerprint density at radius 3 is 2.33 bits per heavy atom. The van der Waals surface area contributed by atoms with Crippen molar-refractivity contribution in [1.29, 1.82) is 0 Å². The van der Waals surface area contributed by atoms with E-state index in [1.54, 1.807) is 50.4 Å². The number of carbonyl (C=O) groups excluding carboxylic acids is 2. The van der Waals surface area contributed by atoms with Gasteiger partial charge in [-0.15, -0.1) is 0 Å². The fourth-order valence-electron chi connectivity index (χ4n) is 3.83. The molecule has 8 nitrogen and oxygen atoms in total. The van der Waals surface area contributed by atoms with Crippen molar-refractivity contribution in [2.24, 2.45) is 0 Å². The molecule has 10 heteroatoms. The van der Waals surface area contributed by atoms with Crippen LogP contribution >= 0.6 is 11.6 Å². The molecule has 1 atom stereocenters. The summed E-state index contributed by atoms with van der Waals surface area (Å²) in [4.78, 5) is 28.4. The van der Waals surface area contributed by atoms with Gasteiger partial charge in [0.15, 0.2) is 0 Å². The monoisotopic (exact) mass is 537 g/mol. The van der Waals surface area contributed by atoms with Crippen LogP contribution in [0.4, 0.5) is 5.69 Å². The van der Waals surface area contributed by atoms with Crippen LogP contribution in [0.15, 0.2) is 42.5 Å². The number of halogens is 1. The second-order valence-corrected chi connectivity index (χ2v) is 12.1. The minimum atomic E-state index is -3.82. The Morgan fingerprint density at radius 1 is 1.14 bits per heavy atom. The number of carbonyl (C=O) groups is 2. The van der Waals surface area contributed by atoms with Crippen molar-refractivity contribution in [3.63, 3.8) is 0 Å². The standard InChI is InChI=1S/C26H36ClN3O5S/c1-8-22(25(32)28-26(3,4)5)29(16-19-10-9-11-21(15-19)35-6)24(31)17-30(36(7,33)34)23-13-12-20(27)14-18(23)2/h9-15,22H,8,16-17H2,1-7H3,(H,28,32)/t22-/m0/s1.